The van der Waals surface area contributed by atoms with Crippen molar-refractivity contribution in [3.8, 4) is 6.07 Å². The Morgan fingerprint density at radius 1 is 1.45 bits per heavy atom. The van der Waals surface area contributed by atoms with Gasteiger partial charge in [-0.3, -0.25) is 4.79 Å². The van der Waals surface area contributed by atoms with Crippen molar-refractivity contribution in [3.05, 3.63) is 35.1 Å². The number of carboxylic acids is 1. The van der Waals surface area contributed by atoms with Gasteiger partial charge in [-0.15, -0.1) is 0 Å². The highest BCUT2D eigenvalue weighted by molar-refractivity contribution is 7.88. The molecule has 0 bridgehead atoms. The number of carboxylic acid groups (broad SMARTS) is 1. The standard InChI is InChI=1S/C14H17FN2O4S/c1-9(2)5-13(14(18)19)17-22(20,21)8-10-3-4-12(15)6-11(10)7-16/h3-4,6,9,13,17H,5,8H2,1-2H3,(H,18,19)/t13-/m0/s1. The first-order valence-corrected chi connectivity index (χ1v) is 8.21. The van der Waals surface area contributed by atoms with Gasteiger partial charge in [0.1, 0.15) is 11.9 Å². The van der Waals surface area contributed by atoms with Crippen molar-refractivity contribution in [1.82, 2.24) is 4.72 Å². The summed E-state index contributed by atoms with van der Waals surface area (Å²) in [5, 5.41) is 18.0. The summed E-state index contributed by atoms with van der Waals surface area (Å²) < 4.78 is 39.3. The monoisotopic (exact) mass is 328 g/mol. The molecule has 1 aromatic rings. The summed E-state index contributed by atoms with van der Waals surface area (Å²) in [4.78, 5) is 11.1. The minimum atomic E-state index is -3.97. The molecule has 6 nitrogen and oxygen atoms in total. The molecule has 0 fully saturated rings. The lowest BCUT2D eigenvalue weighted by Gasteiger charge is -2.16. The molecule has 2 N–H and O–H groups in total. The average molecular weight is 328 g/mol. The van der Waals surface area contributed by atoms with E-state index < -0.39 is 33.6 Å². The number of rotatable bonds is 7. The smallest absolute Gasteiger partial charge is 0.321 e. The molecule has 0 aliphatic heterocycles. The number of halogens is 1. The van der Waals surface area contributed by atoms with Crippen LogP contribution in [0.15, 0.2) is 18.2 Å². The SMILES string of the molecule is CC(C)C[C@H](NS(=O)(=O)Cc1ccc(F)cc1C#N)C(=O)O. The molecule has 22 heavy (non-hydrogen) atoms. The molecule has 1 rings (SSSR count). The fraction of sp³-hybridized carbons (Fsp3) is 0.429. The zero-order valence-electron chi connectivity index (χ0n) is 12.2. The van der Waals surface area contributed by atoms with Crippen molar-refractivity contribution >= 4 is 16.0 Å². The van der Waals surface area contributed by atoms with E-state index >= 15 is 0 Å². The van der Waals surface area contributed by atoms with Gasteiger partial charge >= 0.3 is 5.97 Å². The Hall–Kier alpha value is -1.98. The molecule has 0 radical (unpaired) electrons. The fourth-order valence-corrected chi connectivity index (χ4v) is 3.29. The van der Waals surface area contributed by atoms with Crippen LogP contribution in [0.1, 0.15) is 31.4 Å². The number of nitriles is 1. The molecule has 0 heterocycles. The number of nitrogens with one attached hydrogen (secondary N) is 1. The van der Waals surface area contributed by atoms with Crippen LogP contribution in [0.5, 0.6) is 0 Å². The van der Waals surface area contributed by atoms with Gasteiger partial charge in [-0.1, -0.05) is 19.9 Å². The molecular weight excluding hydrogens is 311 g/mol. The molecule has 120 valence electrons. The molecule has 0 amide bonds. The highest BCUT2D eigenvalue weighted by Gasteiger charge is 2.25. The van der Waals surface area contributed by atoms with Crippen LogP contribution >= 0.6 is 0 Å². The predicted molar refractivity (Wildman–Crippen MR) is 77.8 cm³/mol. The summed E-state index contributed by atoms with van der Waals surface area (Å²) >= 11 is 0. The molecule has 0 unspecified atom stereocenters. The van der Waals surface area contributed by atoms with Gasteiger partial charge in [-0.05, 0) is 30.0 Å². The van der Waals surface area contributed by atoms with Crippen LogP contribution in [-0.2, 0) is 20.6 Å². The van der Waals surface area contributed by atoms with Crippen molar-refractivity contribution < 1.29 is 22.7 Å². The van der Waals surface area contributed by atoms with Gasteiger partial charge in [-0.2, -0.15) is 5.26 Å². The molecule has 0 aromatic heterocycles. The zero-order chi connectivity index (χ0) is 16.9. The van der Waals surface area contributed by atoms with E-state index in [4.69, 9.17) is 10.4 Å². The Balaban J connectivity index is 2.96. The Morgan fingerprint density at radius 2 is 2.09 bits per heavy atom. The van der Waals surface area contributed by atoms with E-state index in [2.05, 4.69) is 4.72 Å². The number of hydrogen-bond donors (Lipinski definition) is 2. The fourth-order valence-electron chi connectivity index (χ4n) is 1.91. The van der Waals surface area contributed by atoms with E-state index in [1.165, 1.54) is 6.07 Å². The van der Waals surface area contributed by atoms with Gasteiger partial charge in [0.2, 0.25) is 10.0 Å². The van der Waals surface area contributed by atoms with Crippen molar-refractivity contribution in [2.45, 2.75) is 32.1 Å². The third kappa shape index (κ3) is 5.42. The largest absolute Gasteiger partial charge is 0.480 e. The molecule has 8 heteroatoms. The molecule has 0 saturated heterocycles. The van der Waals surface area contributed by atoms with E-state index in [-0.39, 0.29) is 23.5 Å². The summed E-state index contributed by atoms with van der Waals surface area (Å²) in [5.41, 5.74) is 0.0196. The zero-order valence-corrected chi connectivity index (χ0v) is 13.0. The third-order valence-electron chi connectivity index (χ3n) is 2.86. The Labute approximate surface area is 128 Å². The number of nitrogens with zero attached hydrogens (tertiary/aromatic N) is 1. The second kappa shape index (κ2) is 7.33. The maximum Gasteiger partial charge on any atom is 0.321 e. The van der Waals surface area contributed by atoms with Crippen molar-refractivity contribution in [3.63, 3.8) is 0 Å². The van der Waals surface area contributed by atoms with Gasteiger partial charge in [0.15, 0.2) is 0 Å². The summed E-state index contributed by atoms with van der Waals surface area (Å²) in [6.07, 6.45) is 0.142. The van der Waals surface area contributed by atoms with E-state index in [1.54, 1.807) is 19.9 Å². The molecule has 0 aliphatic carbocycles. The topological polar surface area (TPSA) is 107 Å². The minimum Gasteiger partial charge on any atom is -0.480 e. The van der Waals surface area contributed by atoms with Gasteiger partial charge < -0.3 is 5.11 Å². The van der Waals surface area contributed by atoms with Crippen LogP contribution in [0.3, 0.4) is 0 Å². The Kier molecular flexibility index (Phi) is 6.02. The van der Waals surface area contributed by atoms with Crippen LogP contribution in [0, 0.1) is 23.1 Å². The van der Waals surface area contributed by atoms with Gasteiger partial charge in [0.05, 0.1) is 17.4 Å². The minimum absolute atomic E-state index is 0.00992. The van der Waals surface area contributed by atoms with Crippen LogP contribution in [-0.4, -0.2) is 25.5 Å². The van der Waals surface area contributed by atoms with E-state index in [9.17, 15) is 17.6 Å². The quantitative estimate of drug-likeness (QED) is 0.791. The lowest BCUT2D eigenvalue weighted by atomic mass is 10.1. The third-order valence-corrected chi connectivity index (χ3v) is 4.20. The summed E-state index contributed by atoms with van der Waals surface area (Å²) in [6.45, 7) is 3.55. The molecule has 0 saturated carbocycles. The Bertz CT molecular complexity index is 695. The van der Waals surface area contributed by atoms with Crippen molar-refractivity contribution in [1.29, 1.82) is 5.26 Å². The predicted octanol–water partition coefficient (Wildman–Crippen LogP) is 1.62. The first kappa shape index (κ1) is 18.1. The van der Waals surface area contributed by atoms with Gasteiger partial charge in [-0.25, -0.2) is 17.5 Å². The lowest BCUT2D eigenvalue weighted by Crippen LogP contribution is -2.42. The maximum atomic E-state index is 13.0. The number of carbonyl (C=O) groups is 1. The number of benzene rings is 1. The van der Waals surface area contributed by atoms with Gasteiger partial charge in [0, 0.05) is 0 Å². The van der Waals surface area contributed by atoms with Crippen LogP contribution in [0.2, 0.25) is 0 Å². The highest BCUT2D eigenvalue weighted by Crippen LogP contribution is 2.14. The molecule has 0 spiro atoms. The molecular formula is C14H17FN2O4S. The number of sulfonamides is 1. The first-order valence-electron chi connectivity index (χ1n) is 6.56. The van der Waals surface area contributed by atoms with E-state index in [0.29, 0.717) is 0 Å². The van der Waals surface area contributed by atoms with Crippen LogP contribution in [0.25, 0.3) is 0 Å². The van der Waals surface area contributed by atoms with E-state index in [1.807, 2.05) is 0 Å². The van der Waals surface area contributed by atoms with Crippen molar-refractivity contribution in [2.24, 2.45) is 5.92 Å². The number of aliphatic carboxylic acids is 1. The normalized spacial score (nSPS) is 12.9. The average Bonchev–Trinajstić information content (AvgIpc) is 2.38. The number of hydrogen-bond acceptors (Lipinski definition) is 4. The maximum absolute atomic E-state index is 13.0. The summed E-state index contributed by atoms with van der Waals surface area (Å²) in [5.74, 6) is -2.51. The Morgan fingerprint density at radius 3 is 2.59 bits per heavy atom. The van der Waals surface area contributed by atoms with Crippen LogP contribution in [0.4, 0.5) is 4.39 Å². The van der Waals surface area contributed by atoms with E-state index in [0.717, 1.165) is 12.1 Å². The summed E-state index contributed by atoms with van der Waals surface area (Å²) in [6, 6.07) is 3.67. The molecule has 1 aromatic carbocycles. The van der Waals surface area contributed by atoms with Gasteiger partial charge in [0.25, 0.3) is 0 Å². The highest BCUT2D eigenvalue weighted by atomic mass is 32.2. The van der Waals surface area contributed by atoms with Crippen molar-refractivity contribution in [2.75, 3.05) is 0 Å². The molecule has 0 aliphatic rings. The lowest BCUT2D eigenvalue weighted by molar-refractivity contribution is -0.139. The van der Waals surface area contributed by atoms with Crippen LogP contribution < -0.4 is 4.72 Å². The first-order chi connectivity index (χ1) is 10.1. The molecule has 1 atom stereocenters. The second-order valence-electron chi connectivity index (χ2n) is 5.31. The second-order valence-corrected chi connectivity index (χ2v) is 7.06. The summed E-state index contributed by atoms with van der Waals surface area (Å²) in [7, 11) is -3.97.